The number of halogens is 1. The molecular weight excluding hydrogens is 308 g/mol. The Labute approximate surface area is 141 Å². The molecule has 1 aromatic heterocycles. The van der Waals surface area contributed by atoms with E-state index in [0.717, 1.165) is 22.4 Å². The van der Waals surface area contributed by atoms with Gasteiger partial charge in [-0.2, -0.15) is 0 Å². The minimum atomic E-state index is -0.140. The van der Waals surface area contributed by atoms with Crippen molar-refractivity contribution in [1.82, 2.24) is 9.55 Å². The second-order valence-corrected chi connectivity index (χ2v) is 5.73. The smallest absolute Gasteiger partial charge is 0.266 e. The van der Waals surface area contributed by atoms with Crippen molar-refractivity contribution in [1.29, 1.82) is 0 Å². The van der Waals surface area contributed by atoms with Gasteiger partial charge in [0.25, 0.3) is 5.56 Å². The molecule has 0 radical (unpaired) electrons. The van der Waals surface area contributed by atoms with Crippen LogP contribution in [0.25, 0.3) is 16.6 Å². The minimum Gasteiger partial charge on any atom is -0.268 e. The van der Waals surface area contributed by atoms with Crippen LogP contribution >= 0.6 is 11.6 Å². The number of rotatable bonds is 1. The summed E-state index contributed by atoms with van der Waals surface area (Å²) in [6.45, 7) is 9.94. The molecule has 3 rings (SSSR count). The van der Waals surface area contributed by atoms with Crippen LogP contribution in [0.15, 0.2) is 41.2 Å². The van der Waals surface area contributed by atoms with Crippen LogP contribution in [0.4, 0.5) is 0 Å². The van der Waals surface area contributed by atoms with Crippen molar-refractivity contribution in [3.8, 4) is 5.69 Å². The van der Waals surface area contributed by atoms with Gasteiger partial charge in [-0.05, 0) is 67.8 Å². The number of nitrogens with zero attached hydrogens (tertiary/aromatic N) is 2. The van der Waals surface area contributed by atoms with Crippen molar-refractivity contribution in [3.05, 3.63) is 68.7 Å². The largest absolute Gasteiger partial charge is 0.268 e. The third-order valence-corrected chi connectivity index (χ3v) is 3.70. The summed E-state index contributed by atoms with van der Waals surface area (Å²) in [5.74, 6) is 0. The Bertz CT molecular complexity index is 893. The lowest BCUT2D eigenvalue weighted by atomic mass is 10.1. The monoisotopic (exact) mass is 328 g/mol. The molecule has 0 unspecified atom stereocenters. The fourth-order valence-corrected chi connectivity index (χ4v) is 2.84. The molecule has 0 bridgehead atoms. The first-order chi connectivity index (χ1) is 11.0. The van der Waals surface area contributed by atoms with Crippen molar-refractivity contribution in [2.75, 3.05) is 0 Å². The number of aryl methyl sites for hydroxylation is 3. The van der Waals surface area contributed by atoms with Gasteiger partial charge in [0.15, 0.2) is 0 Å². The summed E-state index contributed by atoms with van der Waals surface area (Å²) in [4.78, 5) is 17.1. The molecule has 120 valence electrons. The average molecular weight is 329 g/mol. The van der Waals surface area contributed by atoms with Crippen LogP contribution in [0, 0.1) is 20.8 Å². The van der Waals surface area contributed by atoms with Crippen molar-refractivity contribution < 1.29 is 0 Å². The van der Waals surface area contributed by atoms with E-state index in [1.54, 1.807) is 0 Å². The predicted molar refractivity (Wildman–Crippen MR) is 97.9 cm³/mol. The van der Waals surface area contributed by atoms with Crippen LogP contribution in [-0.2, 0) is 0 Å². The molecule has 0 amide bonds. The van der Waals surface area contributed by atoms with Gasteiger partial charge in [-0.15, -0.1) is 0 Å². The van der Waals surface area contributed by atoms with Gasteiger partial charge in [0, 0.05) is 0 Å². The molecule has 0 saturated heterocycles. The van der Waals surface area contributed by atoms with Crippen molar-refractivity contribution >= 4 is 22.5 Å². The first kappa shape index (κ1) is 17.2. The second-order valence-electron chi connectivity index (χ2n) is 5.39. The molecule has 0 N–H and O–H groups in total. The number of hydrogen-bond donors (Lipinski definition) is 0. The molecule has 3 aromatic rings. The van der Waals surface area contributed by atoms with Gasteiger partial charge in [-0.1, -0.05) is 31.5 Å². The SMILES string of the molecule is CC.Cc1cc(C)cc(-n2c(Cl)nc3ccc(C)cc3c2=O)c1. The van der Waals surface area contributed by atoms with E-state index in [0.29, 0.717) is 10.9 Å². The van der Waals surface area contributed by atoms with E-state index in [-0.39, 0.29) is 10.8 Å². The summed E-state index contributed by atoms with van der Waals surface area (Å²) in [5.41, 5.74) is 4.42. The summed E-state index contributed by atoms with van der Waals surface area (Å²) in [7, 11) is 0. The van der Waals surface area contributed by atoms with Crippen LogP contribution in [0.2, 0.25) is 5.28 Å². The van der Waals surface area contributed by atoms with Crippen LogP contribution in [-0.4, -0.2) is 9.55 Å². The zero-order chi connectivity index (χ0) is 17.1. The van der Waals surface area contributed by atoms with Gasteiger partial charge in [-0.3, -0.25) is 9.36 Å². The van der Waals surface area contributed by atoms with Crippen molar-refractivity contribution in [3.63, 3.8) is 0 Å². The second kappa shape index (κ2) is 6.97. The Hall–Kier alpha value is -2.13. The molecule has 0 aliphatic carbocycles. The van der Waals surface area contributed by atoms with Gasteiger partial charge < -0.3 is 0 Å². The van der Waals surface area contributed by atoms with Crippen LogP contribution in [0.1, 0.15) is 30.5 Å². The lowest BCUT2D eigenvalue weighted by molar-refractivity contribution is 0.959. The fourth-order valence-electron chi connectivity index (χ4n) is 2.58. The highest BCUT2D eigenvalue weighted by Gasteiger charge is 2.12. The van der Waals surface area contributed by atoms with Crippen LogP contribution in [0.3, 0.4) is 0 Å². The van der Waals surface area contributed by atoms with Gasteiger partial charge in [-0.25, -0.2) is 4.98 Å². The zero-order valence-corrected chi connectivity index (χ0v) is 14.9. The van der Waals surface area contributed by atoms with Gasteiger partial charge >= 0.3 is 0 Å². The molecule has 0 saturated carbocycles. The Morgan fingerprint density at radius 1 is 0.913 bits per heavy atom. The maximum absolute atomic E-state index is 12.8. The van der Waals surface area contributed by atoms with E-state index < -0.39 is 0 Å². The van der Waals surface area contributed by atoms with E-state index in [2.05, 4.69) is 11.1 Å². The zero-order valence-electron chi connectivity index (χ0n) is 14.1. The topological polar surface area (TPSA) is 34.9 Å². The van der Waals surface area contributed by atoms with Crippen molar-refractivity contribution in [2.45, 2.75) is 34.6 Å². The first-order valence-electron chi connectivity index (χ1n) is 7.73. The Kier molecular flexibility index (Phi) is 5.22. The highest BCUT2D eigenvalue weighted by Crippen LogP contribution is 2.19. The maximum Gasteiger partial charge on any atom is 0.266 e. The van der Waals surface area contributed by atoms with E-state index >= 15 is 0 Å². The number of benzene rings is 2. The minimum absolute atomic E-state index is 0.140. The molecule has 0 spiro atoms. The van der Waals surface area contributed by atoms with E-state index in [4.69, 9.17) is 11.6 Å². The molecule has 1 heterocycles. The lowest BCUT2D eigenvalue weighted by Gasteiger charge is -2.11. The summed E-state index contributed by atoms with van der Waals surface area (Å²) in [5, 5.41) is 0.764. The molecule has 4 heteroatoms. The number of aromatic nitrogens is 2. The summed E-state index contributed by atoms with van der Waals surface area (Å²) >= 11 is 6.24. The molecule has 3 nitrogen and oxygen atoms in total. The Balaban J connectivity index is 0.000000924. The normalized spacial score (nSPS) is 10.3. The lowest BCUT2D eigenvalue weighted by Crippen LogP contribution is -2.20. The summed E-state index contributed by atoms with van der Waals surface area (Å²) in [6, 6.07) is 11.5. The predicted octanol–water partition coefficient (Wildman–Crippen LogP) is 4.99. The van der Waals surface area contributed by atoms with Crippen LogP contribution in [0.5, 0.6) is 0 Å². The molecule has 2 aromatic carbocycles. The van der Waals surface area contributed by atoms with E-state index in [1.807, 2.05) is 65.0 Å². The molecule has 0 atom stereocenters. The van der Waals surface area contributed by atoms with Gasteiger partial charge in [0.05, 0.1) is 16.6 Å². The van der Waals surface area contributed by atoms with Crippen LogP contribution < -0.4 is 5.56 Å². The van der Waals surface area contributed by atoms with E-state index in [9.17, 15) is 4.79 Å². The first-order valence-corrected chi connectivity index (χ1v) is 8.11. The quantitative estimate of drug-likeness (QED) is 0.590. The summed E-state index contributed by atoms with van der Waals surface area (Å²) < 4.78 is 1.46. The average Bonchev–Trinajstić information content (AvgIpc) is 2.49. The molecule has 0 aliphatic heterocycles. The molecule has 0 fully saturated rings. The van der Waals surface area contributed by atoms with Gasteiger partial charge in [0.1, 0.15) is 0 Å². The standard InChI is InChI=1S/C17H15ClN2O.C2H6/c1-10-4-5-15-14(9-10)16(21)20(17(18)19-15)13-7-11(2)6-12(3)8-13;1-2/h4-9H,1-3H3;1-2H3. The molecule has 0 aliphatic rings. The maximum atomic E-state index is 12.8. The third kappa shape index (κ3) is 3.45. The highest BCUT2D eigenvalue weighted by atomic mass is 35.5. The van der Waals surface area contributed by atoms with Gasteiger partial charge in [0.2, 0.25) is 5.28 Å². The number of hydrogen-bond acceptors (Lipinski definition) is 2. The third-order valence-electron chi connectivity index (χ3n) is 3.45. The van der Waals surface area contributed by atoms with E-state index in [1.165, 1.54) is 4.57 Å². The Morgan fingerprint density at radius 2 is 1.52 bits per heavy atom. The fraction of sp³-hybridized carbons (Fsp3) is 0.263. The number of fused-ring (bicyclic) bond motifs is 1. The molecular formula is C19H21ClN2O. The highest BCUT2D eigenvalue weighted by molar-refractivity contribution is 6.29. The molecule has 23 heavy (non-hydrogen) atoms. The summed E-state index contributed by atoms with van der Waals surface area (Å²) in [6.07, 6.45) is 0. The van der Waals surface area contributed by atoms with Crippen molar-refractivity contribution in [2.24, 2.45) is 0 Å². The Morgan fingerprint density at radius 3 is 2.13 bits per heavy atom.